The molecule has 7 heteroatoms. The van der Waals surface area contributed by atoms with Gasteiger partial charge in [-0.2, -0.15) is 0 Å². The first-order chi connectivity index (χ1) is 17.0. The Hall–Kier alpha value is -3.38. The predicted octanol–water partition coefficient (Wildman–Crippen LogP) is 5.26. The van der Waals surface area contributed by atoms with Crippen molar-refractivity contribution in [3.05, 3.63) is 94.5 Å². The number of amides is 1. The van der Waals surface area contributed by atoms with E-state index in [-0.39, 0.29) is 5.91 Å². The molecule has 35 heavy (non-hydrogen) atoms. The summed E-state index contributed by atoms with van der Waals surface area (Å²) in [6.07, 6.45) is 6.45. The molecule has 0 bridgehead atoms. The lowest BCUT2D eigenvalue weighted by atomic mass is 9.56. The second-order valence-electron chi connectivity index (χ2n) is 9.92. The minimum absolute atomic E-state index is 0.176. The third kappa shape index (κ3) is 4.06. The summed E-state index contributed by atoms with van der Waals surface area (Å²) in [7, 11) is 0. The second kappa shape index (κ2) is 8.68. The Kier molecular flexibility index (Phi) is 5.49. The summed E-state index contributed by atoms with van der Waals surface area (Å²) in [5, 5.41) is 3.50. The van der Waals surface area contributed by atoms with Gasteiger partial charge in [0.05, 0.1) is 16.9 Å². The Bertz CT molecular complexity index is 1370. The van der Waals surface area contributed by atoms with Crippen molar-refractivity contribution in [2.24, 2.45) is 5.41 Å². The Balaban J connectivity index is 1.05. The molecular formula is C28H28ClN5O. The molecule has 4 aromatic rings. The lowest BCUT2D eigenvalue weighted by Gasteiger charge is -2.60. The van der Waals surface area contributed by atoms with Gasteiger partial charge in [-0.15, -0.1) is 0 Å². The molecule has 1 spiro atoms. The summed E-state index contributed by atoms with van der Waals surface area (Å²) in [6.45, 7) is 4.70. The van der Waals surface area contributed by atoms with E-state index in [1.54, 1.807) is 16.8 Å². The summed E-state index contributed by atoms with van der Waals surface area (Å²) in [5.41, 5.74) is 5.50. The number of hydrogen-bond acceptors (Lipinski definition) is 4. The number of anilines is 1. The Morgan fingerprint density at radius 1 is 1.11 bits per heavy atom. The van der Waals surface area contributed by atoms with Gasteiger partial charge >= 0.3 is 0 Å². The molecule has 1 saturated heterocycles. The van der Waals surface area contributed by atoms with Crippen LogP contribution in [0.15, 0.2) is 67.0 Å². The van der Waals surface area contributed by atoms with Crippen LogP contribution in [0.4, 0.5) is 5.69 Å². The maximum Gasteiger partial charge on any atom is 0.270 e. The first-order valence-corrected chi connectivity index (χ1v) is 12.6. The molecular weight excluding hydrogens is 458 g/mol. The number of benzene rings is 2. The van der Waals surface area contributed by atoms with Crippen molar-refractivity contribution >= 4 is 29.0 Å². The van der Waals surface area contributed by atoms with Gasteiger partial charge in [-0.25, -0.2) is 9.97 Å². The number of halogens is 1. The van der Waals surface area contributed by atoms with Gasteiger partial charge in [0, 0.05) is 36.9 Å². The molecule has 3 heterocycles. The zero-order valence-electron chi connectivity index (χ0n) is 19.7. The minimum Gasteiger partial charge on any atom is -0.370 e. The van der Waals surface area contributed by atoms with Crippen LogP contribution in [0.3, 0.4) is 0 Å². The van der Waals surface area contributed by atoms with Gasteiger partial charge in [0.25, 0.3) is 5.91 Å². The van der Waals surface area contributed by atoms with Crippen LogP contribution in [0.1, 0.15) is 53.0 Å². The molecule has 178 valence electrons. The van der Waals surface area contributed by atoms with Crippen molar-refractivity contribution in [3.8, 4) is 0 Å². The van der Waals surface area contributed by atoms with Crippen LogP contribution in [0.25, 0.3) is 5.78 Å². The van der Waals surface area contributed by atoms with Gasteiger partial charge in [0.1, 0.15) is 5.69 Å². The quantitative estimate of drug-likeness (QED) is 0.404. The van der Waals surface area contributed by atoms with Crippen molar-refractivity contribution < 1.29 is 4.79 Å². The van der Waals surface area contributed by atoms with Crippen LogP contribution in [-0.2, 0) is 13.0 Å². The lowest BCUT2D eigenvalue weighted by Crippen LogP contribution is -2.61. The van der Waals surface area contributed by atoms with Crippen molar-refractivity contribution in [2.45, 2.75) is 38.6 Å². The molecule has 2 fully saturated rings. The number of imidazole rings is 1. The maximum absolute atomic E-state index is 13.0. The van der Waals surface area contributed by atoms with Gasteiger partial charge in [-0.3, -0.25) is 9.20 Å². The van der Waals surface area contributed by atoms with Gasteiger partial charge in [0.15, 0.2) is 0 Å². The Labute approximate surface area is 210 Å². The van der Waals surface area contributed by atoms with E-state index in [2.05, 4.69) is 74.8 Å². The lowest BCUT2D eigenvalue weighted by molar-refractivity contribution is 0.0634. The van der Waals surface area contributed by atoms with E-state index in [4.69, 9.17) is 11.6 Å². The third-order valence-electron chi connectivity index (χ3n) is 7.51. The van der Waals surface area contributed by atoms with Gasteiger partial charge < -0.3 is 10.2 Å². The van der Waals surface area contributed by atoms with Crippen molar-refractivity contribution in [1.29, 1.82) is 0 Å². The summed E-state index contributed by atoms with van der Waals surface area (Å²) in [4.78, 5) is 24.2. The zero-order valence-corrected chi connectivity index (χ0v) is 20.5. The van der Waals surface area contributed by atoms with Gasteiger partial charge in [-0.05, 0) is 48.4 Å². The monoisotopic (exact) mass is 485 g/mol. The summed E-state index contributed by atoms with van der Waals surface area (Å²) in [6, 6.07) is 19.4. The zero-order chi connectivity index (χ0) is 24.0. The van der Waals surface area contributed by atoms with E-state index in [9.17, 15) is 4.79 Å². The topological polar surface area (TPSA) is 62.5 Å². The van der Waals surface area contributed by atoms with Crippen LogP contribution >= 0.6 is 11.6 Å². The number of carbonyl (C=O) groups excluding carboxylic acids is 1. The smallest absolute Gasteiger partial charge is 0.270 e. The van der Waals surface area contributed by atoms with E-state index in [1.165, 1.54) is 24.1 Å². The van der Waals surface area contributed by atoms with Crippen LogP contribution in [0.2, 0.25) is 5.02 Å². The van der Waals surface area contributed by atoms with E-state index in [0.717, 1.165) is 24.6 Å². The fourth-order valence-corrected chi connectivity index (χ4v) is 5.83. The van der Waals surface area contributed by atoms with Crippen LogP contribution < -0.4 is 10.2 Å². The number of hydrogen-bond donors (Lipinski definition) is 1. The first kappa shape index (κ1) is 22.1. The highest BCUT2D eigenvalue weighted by atomic mass is 35.5. The third-order valence-corrected chi connectivity index (χ3v) is 7.70. The highest BCUT2D eigenvalue weighted by Crippen LogP contribution is 2.56. The van der Waals surface area contributed by atoms with E-state index < -0.39 is 0 Å². The number of aryl methyl sites for hydroxylation is 1. The number of rotatable bonds is 6. The van der Waals surface area contributed by atoms with Crippen molar-refractivity contribution in [2.75, 3.05) is 18.0 Å². The molecule has 1 amide bonds. The Morgan fingerprint density at radius 2 is 1.86 bits per heavy atom. The molecule has 1 aliphatic carbocycles. The largest absolute Gasteiger partial charge is 0.370 e. The minimum atomic E-state index is -0.176. The summed E-state index contributed by atoms with van der Waals surface area (Å²) < 4.78 is 1.67. The van der Waals surface area contributed by atoms with E-state index in [1.807, 2.05) is 6.92 Å². The second-order valence-corrected chi connectivity index (χ2v) is 10.4. The SMILES string of the molecule is CCc1nc2ncc(Cl)cn2c1C(=O)NCc1ccc(N2CC3(CC(c4ccccc4)C3)C2)cc1. The molecule has 2 aromatic carbocycles. The van der Waals surface area contributed by atoms with E-state index in [0.29, 0.717) is 40.6 Å². The van der Waals surface area contributed by atoms with Gasteiger partial charge in [0.2, 0.25) is 5.78 Å². The van der Waals surface area contributed by atoms with Crippen molar-refractivity contribution in [3.63, 3.8) is 0 Å². The molecule has 1 aliphatic heterocycles. The van der Waals surface area contributed by atoms with Crippen molar-refractivity contribution in [1.82, 2.24) is 19.7 Å². The van der Waals surface area contributed by atoms with E-state index >= 15 is 0 Å². The highest BCUT2D eigenvalue weighted by Gasteiger charge is 2.52. The molecule has 6 nitrogen and oxygen atoms in total. The normalized spacial score (nSPS) is 16.8. The molecule has 0 radical (unpaired) electrons. The number of fused-ring (bicyclic) bond motifs is 1. The van der Waals surface area contributed by atoms with Gasteiger partial charge in [-0.1, -0.05) is 61.0 Å². The number of nitrogens with one attached hydrogen (secondary N) is 1. The van der Waals surface area contributed by atoms with Crippen LogP contribution in [-0.4, -0.2) is 33.4 Å². The molecule has 2 aromatic heterocycles. The average Bonchev–Trinajstić information content (AvgIpc) is 3.20. The number of carbonyl (C=O) groups is 1. The average molecular weight is 486 g/mol. The Morgan fingerprint density at radius 3 is 2.57 bits per heavy atom. The standard InChI is InChI=1S/C28H28ClN5O/c1-2-24-25(34-16-22(29)15-31-27(34)32-24)26(35)30-14-19-8-10-23(11-9-19)33-17-28(18-33)12-21(13-28)20-6-4-3-5-7-20/h3-11,15-16,21H,2,12-14,17-18H2,1H3,(H,30,35). The summed E-state index contributed by atoms with van der Waals surface area (Å²) >= 11 is 6.10. The molecule has 0 unspecified atom stereocenters. The number of aromatic nitrogens is 3. The maximum atomic E-state index is 13.0. The molecule has 1 saturated carbocycles. The van der Waals surface area contributed by atoms with Crippen LogP contribution in [0.5, 0.6) is 0 Å². The predicted molar refractivity (Wildman–Crippen MR) is 138 cm³/mol. The first-order valence-electron chi connectivity index (χ1n) is 12.2. The molecule has 0 atom stereocenters. The summed E-state index contributed by atoms with van der Waals surface area (Å²) in [5.74, 6) is 1.03. The fourth-order valence-electron chi connectivity index (χ4n) is 5.68. The molecule has 1 N–H and O–H groups in total. The number of nitrogens with zero attached hydrogens (tertiary/aromatic N) is 4. The highest BCUT2D eigenvalue weighted by molar-refractivity contribution is 6.30. The van der Waals surface area contributed by atoms with Crippen LogP contribution in [0, 0.1) is 5.41 Å². The fraction of sp³-hybridized carbons (Fsp3) is 0.321. The molecule has 6 rings (SSSR count). The molecule has 2 aliphatic rings.